The van der Waals surface area contributed by atoms with Gasteiger partial charge in [0.15, 0.2) is 0 Å². The zero-order valence-corrected chi connectivity index (χ0v) is 18.2. The van der Waals surface area contributed by atoms with Gasteiger partial charge in [-0.05, 0) is 42.7 Å². The van der Waals surface area contributed by atoms with Crippen LogP contribution in [-0.2, 0) is 9.59 Å². The Bertz CT molecular complexity index is 1120. The average molecular weight is 436 g/mol. The van der Waals surface area contributed by atoms with E-state index in [1.807, 2.05) is 26.8 Å². The summed E-state index contributed by atoms with van der Waals surface area (Å²) in [5, 5.41) is 18.7. The molecule has 31 heavy (non-hydrogen) atoms. The van der Waals surface area contributed by atoms with Crippen molar-refractivity contribution in [2.24, 2.45) is 0 Å². The fraction of sp³-hybridized carbons (Fsp3) is 0.318. The first-order chi connectivity index (χ1) is 14.8. The normalized spacial score (nSPS) is 15.8. The number of nitriles is 2. The smallest absolute Gasteiger partial charge is 0.247 e. The van der Waals surface area contributed by atoms with Gasteiger partial charge >= 0.3 is 0 Å². The molecule has 0 spiro atoms. The summed E-state index contributed by atoms with van der Waals surface area (Å²) in [5.74, 6) is -0.216. The fourth-order valence-electron chi connectivity index (χ4n) is 3.45. The van der Waals surface area contributed by atoms with Crippen LogP contribution in [0.3, 0.4) is 0 Å². The zero-order valence-electron chi connectivity index (χ0n) is 17.4. The number of anilines is 2. The van der Waals surface area contributed by atoms with Crippen LogP contribution < -0.4 is 15.4 Å². The van der Waals surface area contributed by atoms with Crippen molar-refractivity contribution in [3.05, 3.63) is 41.0 Å². The number of thioether (sulfide) groups is 1. The molecular weight excluding hydrogens is 414 g/mol. The Kier molecular flexibility index (Phi) is 6.47. The summed E-state index contributed by atoms with van der Waals surface area (Å²) in [4.78, 5) is 31.0. The molecule has 2 aromatic rings. The van der Waals surface area contributed by atoms with Crippen LogP contribution in [0.4, 0.5) is 11.5 Å². The van der Waals surface area contributed by atoms with Crippen molar-refractivity contribution in [2.75, 3.05) is 17.2 Å². The molecule has 2 heterocycles. The molecule has 0 aliphatic carbocycles. The van der Waals surface area contributed by atoms with Gasteiger partial charge in [0.25, 0.3) is 0 Å². The van der Waals surface area contributed by atoms with E-state index < -0.39 is 5.25 Å². The van der Waals surface area contributed by atoms with Crippen LogP contribution in [0.15, 0.2) is 29.3 Å². The van der Waals surface area contributed by atoms with E-state index in [1.54, 1.807) is 24.3 Å². The number of nitrogens with zero attached hydrogens (tertiary/aromatic N) is 4. The lowest BCUT2D eigenvalue weighted by Gasteiger charge is -2.17. The molecule has 0 radical (unpaired) electrons. The molecule has 8 nitrogen and oxygen atoms in total. The first-order valence-corrected chi connectivity index (χ1v) is 10.6. The molecule has 9 heteroatoms. The number of ether oxygens (including phenoxy) is 1. The van der Waals surface area contributed by atoms with Crippen LogP contribution in [0, 0.1) is 22.7 Å². The second-order valence-corrected chi connectivity index (χ2v) is 8.34. The van der Waals surface area contributed by atoms with Gasteiger partial charge in [0.05, 0.1) is 28.7 Å². The summed E-state index contributed by atoms with van der Waals surface area (Å²) in [6, 6.07) is 10.8. The monoisotopic (exact) mass is 435 g/mol. The maximum atomic E-state index is 13.0. The van der Waals surface area contributed by atoms with E-state index in [2.05, 4.69) is 11.1 Å². The molecule has 2 N–H and O–H groups in total. The van der Waals surface area contributed by atoms with Gasteiger partial charge in [-0.25, -0.2) is 9.88 Å². The lowest BCUT2D eigenvalue weighted by atomic mass is 9.94. The highest BCUT2D eigenvalue weighted by molar-refractivity contribution is 8.00. The topological polar surface area (TPSA) is 133 Å². The molecule has 3 rings (SSSR count). The fourth-order valence-corrected chi connectivity index (χ4v) is 4.57. The number of rotatable bonds is 6. The van der Waals surface area contributed by atoms with Gasteiger partial charge in [-0.15, -0.1) is 0 Å². The largest absolute Gasteiger partial charge is 0.494 e. The number of aromatic nitrogens is 1. The Morgan fingerprint density at radius 2 is 1.87 bits per heavy atom. The number of pyridine rings is 1. The molecule has 1 aromatic carbocycles. The standard InChI is InChI=1S/C22H21N5O3S/c1-4-30-14-7-5-13(6-8-14)27-18(28)9-17(22(27)29)31-21-16(11-24)19(12(2)3)15(10-23)20(25)26-21/h5-8,12,17H,4,9H2,1-3H3,(H2,25,26). The summed E-state index contributed by atoms with van der Waals surface area (Å²) in [7, 11) is 0. The summed E-state index contributed by atoms with van der Waals surface area (Å²) >= 11 is 1.03. The maximum absolute atomic E-state index is 13.0. The highest BCUT2D eigenvalue weighted by Crippen LogP contribution is 2.38. The van der Waals surface area contributed by atoms with Crippen molar-refractivity contribution in [2.45, 2.75) is 43.4 Å². The van der Waals surface area contributed by atoms with Crippen LogP contribution >= 0.6 is 11.8 Å². The number of nitrogen functional groups attached to an aromatic ring is 1. The van der Waals surface area contributed by atoms with Crippen molar-refractivity contribution in [3.8, 4) is 17.9 Å². The highest BCUT2D eigenvalue weighted by Gasteiger charge is 2.41. The molecule has 158 valence electrons. The van der Waals surface area contributed by atoms with Gasteiger partial charge in [-0.1, -0.05) is 25.6 Å². The summed E-state index contributed by atoms with van der Waals surface area (Å²) in [6.07, 6.45) is -0.0276. The van der Waals surface area contributed by atoms with Gasteiger partial charge < -0.3 is 10.5 Å². The SMILES string of the molecule is CCOc1ccc(N2C(=O)CC(Sc3nc(N)c(C#N)c(C(C)C)c3C#N)C2=O)cc1. The predicted octanol–water partition coefficient (Wildman–Crippen LogP) is 3.35. The number of hydrogen-bond acceptors (Lipinski definition) is 8. The van der Waals surface area contributed by atoms with Crippen LogP contribution in [-0.4, -0.2) is 28.7 Å². The molecular formula is C22H21N5O3S. The predicted molar refractivity (Wildman–Crippen MR) is 117 cm³/mol. The molecule has 1 fully saturated rings. The summed E-state index contributed by atoms with van der Waals surface area (Å²) in [5.41, 5.74) is 7.29. The molecule has 1 saturated heterocycles. The summed E-state index contributed by atoms with van der Waals surface area (Å²) < 4.78 is 5.40. The van der Waals surface area contributed by atoms with Crippen molar-refractivity contribution in [1.29, 1.82) is 10.5 Å². The van der Waals surface area contributed by atoms with Crippen LogP contribution in [0.25, 0.3) is 0 Å². The van der Waals surface area contributed by atoms with Gasteiger partial charge in [-0.3, -0.25) is 9.59 Å². The summed E-state index contributed by atoms with van der Waals surface area (Å²) in [6.45, 7) is 6.08. The molecule has 0 bridgehead atoms. The minimum atomic E-state index is -0.744. The Balaban J connectivity index is 1.92. The molecule has 1 aromatic heterocycles. The minimum Gasteiger partial charge on any atom is -0.494 e. The molecule has 1 unspecified atom stereocenters. The quantitative estimate of drug-likeness (QED) is 0.683. The second-order valence-electron chi connectivity index (χ2n) is 7.15. The van der Waals surface area contributed by atoms with E-state index in [9.17, 15) is 20.1 Å². The lowest BCUT2D eigenvalue weighted by molar-refractivity contribution is -0.121. The maximum Gasteiger partial charge on any atom is 0.247 e. The first-order valence-electron chi connectivity index (χ1n) is 9.72. The Hall–Kier alpha value is -3.56. The second kappa shape index (κ2) is 9.07. The minimum absolute atomic E-state index is 0.00726. The third kappa shape index (κ3) is 4.18. The molecule has 1 aliphatic rings. The zero-order chi connectivity index (χ0) is 22.7. The van der Waals surface area contributed by atoms with E-state index >= 15 is 0 Å². The van der Waals surface area contributed by atoms with E-state index in [-0.39, 0.29) is 46.1 Å². The van der Waals surface area contributed by atoms with Crippen molar-refractivity contribution >= 4 is 35.1 Å². The van der Waals surface area contributed by atoms with E-state index in [4.69, 9.17) is 10.5 Å². The van der Waals surface area contributed by atoms with Crippen molar-refractivity contribution in [1.82, 2.24) is 4.98 Å². The van der Waals surface area contributed by atoms with E-state index in [0.717, 1.165) is 16.7 Å². The van der Waals surface area contributed by atoms with Crippen molar-refractivity contribution in [3.63, 3.8) is 0 Å². The van der Waals surface area contributed by atoms with Gasteiger partial charge in [-0.2, -0.15) is 10.5 Å². The number of carbonyl (C=O) groups excluding carboxylic acids is 2. The first kappa shape index (κ1) is 22.1. The molecule has 0 saturated carbocycles. The van der Waals surface area contributed by atoms with Gasteiger partial charge in [0.2, 0.25) is 11.8 Å². The van der Waals surface area contributed by atoms with Crippen LogP contribution in [0.1, 0.15) is 49.8 Å². The lowest BCUT2D eigenvalue weighted by Crippen LogP contribution is -2.31. The third-order valence-electron chi connectivity index (χ3n) is 4.80. The Morgan fingerprint density at radius 1 is 1.23 bits per heavy atom. The number of imide groups is 1. The molecule has 1 aliphatic heterocycles. The third-order valence-corrected chi connectivity index (χ3v) is 5.97. The van der Waals surface area contributed by atoms with Crippen LogP contribution in [0.2, 0.25) is 0 Å². The Labute approximate surface area is 184 Å². The number of nitrogens with two attached hydrogens (primary N) is 1. The van der Waals surface area contributed by atoms with E-state index in [0.29, 0.717) is 23.6 Å². The molecule has 2 amide bonds. The number of amides is 2. The average Bonchev–Trinajstić information content (AvgIpc) is 3.01. The number of hydrogen-bond donors (Lipinski definition) is 1. The van der Waals surface area contributed by atoms with Gasteiger partial charge in [0.1, 0.15) is 28.7 Å². The van der Waals surface area contributed by atoms with Crippen LogP contribution in [0.5, 0.6) is 5.75 Å². The van der Waals surface area contributed by atoms with Gasteiger partial charge in [0, 0.05) is 6.42 Å². The Morgan fingerprint density at radius 3 is 2.42 bits per heavy atom. The number of carbonyl (C=O) groups is 2. The molecule has 1 atom stereocenters. The number of benzene rings is 1. The van der Waals surface area contributed by atoms with Crippen molar-refractivity contribution < 1.29 is 14.3 Å². The van der Waals surface area contributed by atoms with E-state index in [1.165, 1.54) is 0 Å². The highest BCUT2D eigenvalue weighted by atomic mass is 32.2.